The summed E-state index contributed by atoms with van der Waals surface area (Å²) in [7, 11) is -1.23. The molecule has 1 aliphatic rings. The van der Waals surface area contributed by atoms with Crippen molar-refractivity contribution in [2.45, 2.75) is 38.6 Å². The second-order valence-electron chi connectivity index (χ2n) is 5.73. The van der Waals surface area contributed by atoms with Crippen LogP contribution >= 0.6 is 0 Å². The summed E-state index contributed by atoms with van der Waals surface area (Å²) >= 11 is 0. The Balaban J connectivity index is 1.86. The summed E-state index contributed by atoms with van der Waals surface area (Å²) < 4.78 is 22.9. The Kier molecular flexibility index (Phi) is 5.04. The van der Waals surface area contributed by atoms with Crippen LogP contribution in [0, 0.1) is 0 Å². The highest BCUT2D eigenvalue weighted by Gasteiger charge is 2.32. The van der Waals surface area contributed by atoms with Gasteiger partial charge in [0.15, 0.2) is 9.84 Å². The van der Waals surface area contributed by atoms with Gasteiger partial charge in [-0.1, -0.05) is 31.2 Å². The summed E-state index contributed by atoms with van der Waals surface area (Å²) in [5.74, 6) is 0.338. The molecule has 1 amide bonds. The third-order valence-corrected chi connectivity index (χ3v) is 5.96. The van der Waals surface area contributed by atoms with Gasteiger partial charge in [0.25, 0.3) is 0 Å². The van der Waals surface area contributed by atoms with Crippen LogP contribution in [0.4, 0.5) is 0 Å². The second-order valence-corrected chi connectivity index (χ2v) is 7.96. The van der Waals surface area contributed by atoms with Crippen molar-refractivity contribution in [2.24, 2.45) is 0 Å². The van der Waals surface area contributed by atoms with Crippen molar-refractivity contribution in [3.05, 3.63) is 35.4 Å². The van der Waals surface area contributed by atoms with E-state index in [0.717, 1.165) is 12.0 Å². The predicted octanol–water partition coefficient (Wildman–Crippen LogP) is 1.83. The fourth-order valence-electron chi connectivity index (χ4n) is 2.65. The lowest BCUT2D eigenvalue weighted by Gasteiger charge is -2.23. The zero-order chi connectivity index (χ0) is 15.5. The average molecular weight is 309 g/mol. The first-order valence-electron chi connectivity index (χ1n) is 7.45. The summed E-state index contributed by atoms with van der Waals surface area (Å²) in [5, 5.41) is 0. The fourth-order valence-corrected chi connectivity index (χ4v) is 4.43. The van der Waals surface area contributed by atoms with Crippen LogP contribution in [0.25, 0.3) is 0 Å². The summed E-state index contributed by atoms with van der Waals surface area (Å²) in [5.41, 5.74) is 2.44. The summed E-state index contributed by atoms with van der Waals surface area (Å²) in [4.78, 5) is 13.8. The highest BCUT2D eigenvalue weighted by Crippen LogP contribution is 2.17. The average Bonchev–Trinajstić information content (AvgIpc) is 2.84. The van der Waals surface area contributed by atoms with Gasteiger partial charge in [0.05, 0.1) is 11.5 Å². The SMILES string of the molecule is CCc1ccc(CCC(=O)N(C)C2CCS(=O)(=O)C2)cc1. The number of hydrogen-bond donors (Lipinski definition) is 0. The molecule has 1 aromatic rings. The maximum atomic E-state index is 12.2. The second kappa shape index (κ2) is 6.60. The molecule has 1 aliphatic heterocycles. The Bertz CT molecular complexity index is 592. The minimum absolute atomic E-state index is 0.0247. The standard InChI is InChI=1S/C16H23NO3S/c1-3-13-4-6-14(7-5-13)8-9-16(18)17(2)15-10-11-21(19,20)12-15/h4-7,15H,3,8-12H2,1-2H3. The number of benzene rings is 1. The van der Waals surface area contributed by atoms with Gasteiger partial charge in [0.2, 0.25) is 5.91 Å². The highest BCUT2D eigenvalue weighted by molar-refractivity contribution is 7.91. The van der Waals surface area contributed by atoms with Crippen molar-refractivity contribution in [3.8, 4) is 0 Å². The molecule has 0 aromatic heterocycles. The van der Waals surface area contributed by atoms with Gasteiger partial charge < -0.3 is 4.90 Å². The normalized spacial score (nSPS) is 20.4. The third kappa shape index (κ3) is 4.30. The molecule has 0 spiro atoms. The molecule has 0 aliphatic carbocycles. The first kappa shape index (κ1) is 16.0. The number of sulfone groups is 1. The first-order chi connectivity index (χ1) is 9.91. The molecule has 1 saturated heterocycles. The Labute approximate surface area is 127 Å². The van der Waals surface area contributed by atoms with Crippen molar-refractivity contribution < 1.29 is 13.2 Å². The van der Waals surface area contributed by atoms with Crippen LogP contribution in [-0.2, 0) is 27.5 Å². The van der Waals surface area contributed by atoms with Gasteiger partial charge in [0.1, 0.15) is 0 Å². The number of carbonyl (C=O) groups is 1. The van der Waals surface area contributed by atoms with Gasteiger partial charge in [-0.15, -0.1) is 0 Å². The van der Waals surface area contributed by atoms with E-state index in [-0.39, 0.29) is 23.5 Å². The van der Waals surface area contributed by atoms with E-state index >= 15 is 0 Å². The topological polar surface area (TPSA) is 54.5 Å². The zero-order valence-corrected chi connectivity index (χ0v) is 13.5. The molecule has 1 fully saturated rings. The number of hydrogen-bond acceptors (Lipinski definition) is 3. The Morgan fingerprint density at radius 2 is 1.86 bits per heavy atom. The quantitative estimate of drug-likeness (QED) is 0.834. The Hall–Kier alpha value is -1.36. The van der Waals surface area contributed by atoms with Gasteiger partial charge >= 0.3 is 0 Å². The predicted molar refractivity (Wildman–Crippen MR) is 84.0 cm³/mol. The summed E-state index contributed by atoms with van der Waals surface area (Å²) in [6.45, 7) is 2.11. The van der Waals surface area contributed by atoms with Gasteiger partial charge in [-0.25, -0.2) is 8.42 Å². The van der Waals surface area contributed by atoms with Crippen molar-refractivity contribution >= 4 is 15.7 Å². The van der Waals surface area contributed by atoms with Crippen LogP contribution in [0.3, 0.4) is 0 Å². The van der Waals surface area contributed by atoms with Crippen molar-refractivity contribution in [1.29, 1.82) is 0 Å². The largest absolute Gasteiger partial charge is 0.342 e. The Morgan fingerprint density at radius 1 is 1.24 bits per heavy atom. The number of nitrogens with zero attached hydrogens (tertiary/aromatic N) is 1. The van der Waals surface area contributed by atoms with E-state index in [1.807, 2.05) is 0 Å². The van der Waals surface area contributed by atoms with Crippen LogP contribution in [0.1, 0.15) is 30.9 Å². The molecule has 1 heterocycles. The highest BCUT2D eigenvalue weighted by atomic mass is 32.2. The molecule has 116 valence electrons. The number of aryl methyl sites for hydroxylation is 2. The lowest BCUT2D eigenvalue weighted by molar-refractivity contribution is -0.131. The molecule has 0 N–H and O–H groups in total. The van der Waals surface area contributed by atoms with Gasteiger partial charge in [-0.2, -0.15) is 0 Å². The molecule has 1 atom stereocenters. The van der Waals surface area contributed by atoms with Crippen LogP contribution in [0.15, 0.2) is 24.3 Å². The van der Waals surface area contributed by atoms with Crippen molar-refractivity contribution in [3.63, 3.8) is 0 Å². The number of amides is 1. The molecule has 0 saturated carbocycles. The lowest BCUT2D eigenvalue weighted by atomic mass is 10.1. The van der Waals surface area contributed by atoms with E-state index in [0.29, 0.717) is 19.3 Å². The number of carbonyl (C=O) groups excluding carboxylic acids is 1. The molecular formula is C16H23NO3S. The minimum Gasteiger partial charge on any atom is -0.342 e. The van der Waals surface area contributed by atoms with Gasteiger partial charge in [-0.3, -0.25) is 4.79 Å². The molecule has 21 heavy (non-hydrogen) atoms. The summed E-state index contributed by atoms with van der Waals surface area (Å²) in [6, 6.07) is 8.16. The van der Waals surface area contributed by atoms with E-state index in [4.69, 9.17) is 0 Å². The summed E-state index contributed by atoms with van der Waals surface area (Å²) in [6.07, 6.45) is 2.71. The molecule has 4 nitrogen and oxygen atoms in total. The van der Waals surface area contributed by atoms with Crippen LogP contribution in [0.5, 0.6) is 0 Å². The van der Waals surface area contributed by atoms with Crippen molar-refractivity contribution in [2.75, 3.05) is 18.6 Å². The molecule has 5 heteroatoms. The smallest absolute Gasteiger partial charge is 0.222 e. The maximum absolute atomic E-state index is 12.2. The maximum Gasteiger partial charge on any atom is 0.222 e. The first-order valence-corrected chi connectivity index (χ1v) is 9.27. The molecule has 0 bridgehead atoms. The van der Waals surface area contributed by atoms with E-state index in [2.05, 4.69) is 31.2 Å². The molecular weight excluding hydrogens is 286 g/mol. The van der Waals surface area contributed by atoms with E-state index in [9.17, 15) is 13.2 Å². The van der Waals surface area contributed by atoms with Crippen molar-refractivity contribution in [1.82, 2.24) is 4.90 Å². The van der Waals surface area contributed by atoms with Gasteiger partial charge in [0, 0.05) is 19.5 Å². The monoisotopic (exact) mass is 309 g/mol. The molecule has 1 aromatic carbocycles. The van der Waals surface area contributed by atoms with E-state index < -0.39 is 9.84 Å². The molecule has 1 unspecified atom stereocenters. The van der Waals surface area contributed by atoms with Crippen LogP contribution in [0.2, 0.25) is 0 Å². The van der Waals surface area contributed by atoms with E-state index in [1.165, 1.54) is 5.56 Å². The third-order valence-electron chi connectivity index (χ3n) is 4.21. The lowest BCUT2D eigenvalue weighted by Crippen LogP contribution is -2.37. The molecule has 2 rings (SSSR count). The van der Waals surface area contributed by atoms with Gasteiger partial charge in [-0.05, 0) is 30.4 Å². The minimum atomic E-state index is -2.94. The molecule has 0 radical (unpaired) electrons. The fraction of sp³-hybridized carbons (Fsp3) is 0.562. The van der Waals surface area contributed by atoms with Crippen LogP contribution < -0.4 is 0 Å². The number of rotatable bonds is 5. The van der Waals surface area contributed by atoms with Crippen LogP contribution in [-0.4, -0.2) is 43.8 Å². The zero-order valence-electron chi connectivity index (χ0n) is 12.7. The Morgan fingerprint density at radius 3 is 2.38 bits per heavy atom. The van der Waals surface area contributed by atoms with E-state index in [1.54, 1.807) is 11.9 Å².